The van der Waals surface area contributed by atoms with Gasteiger partial charge in [-0.1, -0.05) is 62.2 Å². The Kier molecular flexibility index (Phi) is 12.5. The molecule has 4 rings (SSSR count). The number of nitrogens with one attached hydrogen (secondary N) is 2. The molecule has 1 fully saturated rings. The van der Waals surface area contributed by atoms with Gasteiger partial charge in [0.2, 0.25) is 6.41 Å². The number of phenolic OH excluding ortho intramolecular Hbond substituents is 1. The van der Waals surface area contributed by atoms with Gasteiger partial charge in [0, 0.05) is 23.5 Å². The number of rotatable bonds is 5. The molecule has 0 saturated carbocycles. The third-order valence-electron chi connectivity index (χ3n) is 6.08. The smallest absolute Gasteiger partial charge is 0.335 e. The second-order valence-electron chi connectivity index (χ2n) is 10.4. The molecule has 0 spiro atoms. The molecule has 3 atom stereocenters. The molecule has 0 aliphatic carbocycles. The number of halogens is 4. The van der Waals surface area contributed by atoms with Gasteiger partial charge in [0.05, 0.1) is 28.3 Å². The molecule has 3 aromatic carbocycles. The average molecular weight is 606 g/mol. The van der Waals surface area contributed by atoms with Gasteiger partial charge in [0.1, 0.15) is 17.4 Å². The Morgan fingerprint density at radius 1 is 1.15 bits per heavy atom. The van der Waals surface area contributed by atoms with Crippen molar-refractivity contribution in [3.8, 4) is 11.8 Å². The van der Waals surface area contributed by atoms with Crippen molar-refractivity contribution < 1.29 is 28.6 Å². The summed E-state index contributed by atoms with van der Waals surface area (Å²) in [5.74, 6) is -2.44. The SMILES string of the molecule is CC(C)(C)CC1NCC(c2cccc(Cl)c2F)C1C#N.Fc1cccc(Cl)c1.O=CNc1ccc(C(=O)O)cc1O. The van der Waals surface area contributed by atoms with E-state index >= 15 is 0 Å². The molecule has 41 heavy (non-hydrogen) atoms. The Morgan fingerprint density at radius 2 is 1.83 bits per heavy atom. The molecule has 1 aliphatic rings. The van der Waals surface area contributed by atoms with E-state index in [0.29, 0.717) is 23.5 Å². The standard InChI is InChI=1S/C16H20ClFN2.C8H7NO4.C6H4ClF/c1-16(2,3)7-14-11(8-19)12(9-20-14)10-5-4-6-13(17)15(10)18;10-4-9-6-2-1-5(8(12)13)3-7(6)11;7-5-2-1-3-6(8)4-5/h4-6,11-12,14,20H,7,9H2,1-3H3;1-4,11H,(H,9,10)(H,12,13);1-4H. The summed E-state index contributed by atoms with van der Waals surface area (Å²) < 4.78 is 26.2. The summed E-state index contributed by atoms with van der Waals surface area (Å²) in [7, 11) is 0. The second kappa shape index (κ2) is 15.3. The maximum absolute atomic E-state index is 14.2. The van der Waals surface area contributed by atoms with Crippen LogP contribution in [-0.2, 0) is 4.79 Å². The summed E-state index contributed by atoms with van der Waals surface area (Å²) >= 11 is 11.3. The average Bonchev–Trinajstić information content (AvgIpc) is 3.28. The lowest BCUT2D eigenvalue weighted by Gasteiger charge is -2.26. The first kappa shape index (κ1) is 33.5. The van der Waals surface area contributed by atoms with E-state index in [-0.39, 0.29) is 51.1 Å². The van der Waals surface area contributed by atoms with Crippen LogP contribution in [0.5, 0.6) is 5.75 Å². The van der Waals surface area contributed by atoms with Crippen molar-refractivity contribution in [2.75, 3.05) is 11.9 Å². The predicted octanol–water partition coefficient (Wildman–Crippen LogP) is 7.25. The van der Waals surface area contributed by atoms with Gasteiger partial charge < -0.3 is 20.8 Å². The summed E-state index contributed by atoms with van der Waals surface area (Å²) in [6.07, 6.45) is 1.29. The van der Waals surface area contributed by atoms with E-state index in [2.05, 4.69) is 37.5 Å². The molecular formula is C30H31Cl2F2N3O4. The molecule has 3 unspecified atom stereocenters. The number of aromatic carboxylic acids is 1. The number of carboxylic acids is 1. The molecule has 11 heteroatoms. The maximum Gasteiger partial charge on any atom is 0.335 e. The van der Waals surface area contributed by atoms with Gasteiger partial charge in [0.25, 0.3) is 0 Å². The highest BCUT2D eigenvalue weighted by Crippen LogP contribution is 2.38. The Balaban J connectivity index is 0.000000239. The van der Waals surface area contributed by atoms with Crippen LogP contribution < -0.4 is 10.6 Å². The van der Waals surface area contributed by atoms with E-state index in [1.807, 2.05) is 0 Å². The number of phenols is 1. The fraction of sp³-hybridized carbons (Fsp3) is 0.300. The van der Waals surface area contributed by atoms with Crippen LogP contribution in [0.25, 0.3) is 0 Å². The largest absolute Gasteiger partial charge is 0.506 e. The van der Waals surface area contributed by atoms with E-state index in [9.17, 15) is 28.7 Å². The van der Waals surface area contributed by atoms with Gasteiger partial charge in [-0.15, -0.1) is 0 Å². The van der Waals surface area contributed by atoms with Gasteiger partial charge in [-0.05, 0) is 59.9 Å². The maximum atomic E-state index is 14.2. The minimum Gasteiger partial charge on any atom is -0.506 e. The van der Waals surface area contributed by atoms with Gasteiger partial charge in [0.15, 0.2) is 0 Å². The number of carboxylic acid groups (broad SMARTS) is 1. The van der Waals surface area contributed by atoms with Gasteiger partial charge >= 0.3 is 5.97 Å². The number of hydrogen-bond donors (Lipinski definition) is 4. The van der Waals surface area contributed by atoms with Crippen molar-refractivity contribution in [2.24, 2.45) is 11.3 Å². The number of nitrogens with zero attached hydrogens (tertiary/aromatic N) is 1. The van der Waals surface area contributed by atoms with E-state index in [1.54, 1.807) is 24.3 Å². The lowest BCUT2D eigenvalue weighted by molar-refractivity contribution is -0.105. The number of carbonyl (C=O) groups is 2. The van der Waals surface area contributed by atoms with Crippen molar-refractivity contribution in [3.63, 3.8) is 0 Å². The molecule has 218 valence electrons. The van der Waals surface area contributed by atoms with Crippen molar-refractivity contribution in [2.45, 2.75) is 39.2 Å². The zero-order valence-corrected chi connectivity index (χ0v) is 24.2. The third-order valence-corrected chi connectivity index (χ3v) is 6.60. The Labute approximate surface area is 247 Å². The Morgan fingerprint density at radius 3 is 2.34 bits per heavy atom. The first-order valence-corrected chi connectivity index (χ1v) is 13.3. The predicted molar refractivity (Wildman–Crippen MR) is 155 cm³/mol. The van der Waals surface area contributed by atoms with Gasteiger partial charge in [-0.2, -0.15) is 5.26 Å². The first-order chi connectivity index (χ1) is 19.3. The topological polar surface area (TPSA) is 122 Å². The molecule has 0 aromatic heterocycles. The summed E-state index contributed by atoms with van der Waals surface area (Å²) in [6.45, 7) is 7.07. The fourth-order valence-corrected chi connectivity index (χ4v) is 4.63. The van der Waals surface area contributed by atoms with E-state index in [4.69, 9.17) is 28.3 Å². The zero-order chi connectivity index (χ0) is 30.7. The molecule has 7 nitrogen and oxygen atoms in total. The quantitative estimate of drug-likeness (QED) is 0.179. The Bertz CT molecular complexity index is 1380. The number of nitriles is 1. The molecule has 0 radical (unpaired) electrons. The van der Waals surface area contributed by atoms with Crippen molar-refractivity contribution >= 4 is 41.3 Å². The van der Waals surface area contributed by atoms with Crippen LogP contribution in [0.3, 0.4) is 0 Å². The van der Waals surface area contributed by atoms with E-state index < -0.39 is 11.8 Å². The third kappa shape index (κ3) is 10.3. The van der Waals surface area contributed by atoms with Gasteiger partial charge in [-0.25, -0.2) is 13.6 Å². The number of carbonyl (C=O) groups excluding carboxylic acids is 1. The normalized spacial score (nSPS) is 17.7. The summed E-state index contributed by atoms with van der Waals surface area (Å²) in [5.41, 5.74) is 0.830. The minimum atomic E-state index is -1.13. The van der Waals surface area contributed by atoms with Crippen molar-refractivity contribution in [1.82, 2.24) is 5.32 Å². The lowest BCUT2D eigenvalue weighted by atomic mass is 9.79. The van der Waals surface area contributed by atoms with Crippen LogP contribution in [0.2, 0.25) is 10.0 Å². The molecular weight excluding hydrogens is 575 g/mol. The van der Waals surface area contributed by atoms with Crippen LogP contribution in [0, 0.1) is 34.3 Å². The molecule has 0 bridgehead atoms. The number of anilines is 1. The molecule has 1 heterocycles. The number of hydrogen-bond acceptors (Lipinski definition) is 5. The molecule has 1 saturated heterocycles. The second-order valence-corrected chi connectivity index (χ2v) is 11.3. The minimum absolute atomic E-state index is 0.0334. The number of aromatic hydroxyl groups is 1. The zero-order valence-electron chi connectivity index (χ0n) is 22.7. The van der Waals surface area contributed by atoms with Crippen LogP contribution in [-0.4, -0.2) is 35.2 Å². The molecule has 4 N–H and O–H groups in total. The number of benzene rings is 3. The van der Waals surface area contributed by atoms with Crippen molar-refractivity contribution in [3.05, 3.63) is 93.5 Å². The molecule has 1 aliphatic heterocycles. The summed E-state index contributed by atoms with van der Waals surface area (Å²) in [5, 5.41) is 33.3. The van der Waals surface area contributed by atoms with E-state index in [0.717, 1.165) is 12.5 Å². The summed E-state index contributed by atoms with van der Waals surface area (Å²) in [4.78, 5) is 20.4. The highest BCUT2D eigenvalue weighted by atomic mass is 35.5. The molecule has 3 aromatic rings. The number of amides is 1. The van der Waals surface area contributed by atoms with Crippen LogP contribution in [0.15, 0.2) is 60.7 Å². The Hall–Kier alpha value is -3.71. The lowest BCUT2D eigenvalue weighted by Crippen LogP contribution is -2.31. The van der Waals surface area contributed by atoms with Crippen LogP contribution >= 0.6 is 23.2 Å². The molecule has 1 amide bonds. The summed E-state index contributed by atoms with van der Waals surface area (Å²) in [6, 6.07) is 17.0. The van der Waals surface area contributed by atoms with E-state index in [1.165, 1.54) is 30.3 Å². The highest BCUT2D eigenvalue weighted by Gasteiger charge is 2.39. The monoisotopic (exact) mass is 605 g/mol. The highest BCUT2D eigenvalue weighted by molar-refractivity contribution is 6.31. The van der Waals surface area contributed by atoms with Gasteiger partial charge in [-0.3, -0.25) is 4.79 Å². The van der Waals surface area contributed by atoms with Crippen LogP contribution in [0.1, 0.15) is 49.0 Å². The van der Waals surface area contributed by atoms with Crippen LogP contribution in [0.4, 0.5) is 14.5 Å². The van der Waals surface area contributed by atoms with Crippen molar-refractivity contribution in [1.29, 1.82) is 5.26 Å². The first-order valence-electron chi connectivity index (χ1n) is 12.5. The fourth-order valence-electron chi connectivity index (χ4n) is 4.27.